The van der Waals surface area contributed by atoms with Gasteiger partial charge in [-0.1, -0.05) is 41.0 Å². The molecule has 0 amide bonds. The Kier molecular flexibility index (Phi) is 8.23. The molecule has 5 nitrogen and oxygen atoms in total. The summed E-state index contributed by atoms with van der Waals surface area (Å²) in [7, 11) is 0. The maximum Gasteiger partial charge on any atom is 0.199 e. The van der Waals surface area contributed by atoms with E-state index in [0.717, 1.165) is 16.7 Å². The molecule has 35 heavy (non-hydrogen) atoms. The second kappa shape index (κ2) is 11.0. The van der Waals surface area contributed by atoms with E-state index in [0.29, 0.717) is 47.3 Å². The molecule has 186 valence electrons. The van der Waals surface area contributed by atoms with Gasteiger partial charge in [-0.3, -0.25) is 4.79 Å². The van der Waals surface area contributed by atoms with Crippen LogP contribution in [0.4, 0.5) is 0 Å². The van der Waals surface area contributed by atoms with Gasteiger partial charge in [0.15, 0.2) is 18.0 Å². The molecule has 0 saturated heterocycles. The van der Waals surface area contributed by atoms with Gasteiger partial charge in [-0.05, 0) is 95.7 Å². The summed E-state index contributed by atoms with van der Waals surface area (Å²) < 4.78 is 6.27. The maximum atomic E-state index is 13.4. The molecule has 0 unspecified atom stereocenters. The molecule has 0 fully saturated rings. The summed E-state index contributed by atoms with van der Waals surface area (Å²) in [4.78, 5) is 13.4. The van der Waals surface area contributed by atoms with E-state index < -0.39 is 18.0 Å². The molecule has 0 saturated carbocycles. The van der Waals surface area contributed by atoms with Gasteiger partial charge < -0.3 is 20.1 Å². The van der Waals surface area contributed by atoms with Crippen molar-refractivity contribution in [2.45, 2.75) is 73.0 Å². The lowest BCUT2D eigenvalue weighted by atomic mass is 9.88. The minimum atomic E-state index is -1.40. The highest BCUT2D eigenvalue weighted by molar-refractivity contribution is 6.04. The van der Waals surface area contributed by atoms with Crippen LogP contribution < -0.4 is 4.74 Å². The van der Waals surface area contributed by atoms with Crippen LogP contribution >= 0.6 is 0 Å². The molecular formula is C30H36O5. The van der Waals surface area contributed by atoms with E-state index in [9.17, 15) is 20.1 Å². The first-order valence-electron chi connectivity index (χ1n) is 12.0. The van der Waals surface area contributed by atoms with E-state index in [1.165, 1.54) is 0 Å². The summed E-state index contributed by atoms with van der Waals surface area (Å²) >= 11 is 0. The molecular weight excluding hydrogens is 440 g/mol. The summed E-state index contributed by atoms with van der Waals surface area (Å²) in [5.74, 6) is 0.123. The Hall–Kier alpha value is -3.31. The van der Waals surface area contributed by atoms with Gasteiger partial charge >= 0.3 is 0 Å². The number of allylic oxidation sites excluding steroid dienone is 6. The molecule has 5 heteroatoms. The van der Waals surface area contributed by atoms with Crippen LogP contribution in [0.15, 0.2) is 59.2 Å². The van der Waals surface area contributed by atoms with Gasteiger partial charge in [0.25, 0.3) is 0 Å². The SMILES string of the molecule is CC(C)=CCc1cc([C@H]2Oc3c(cc(CC=C(C)C)c(O)c3CC=C(C)C)C(=O)[C@@H]2O)ccc1O. The largest absolute Gasteiger partial charge is 0.508 e. The van der Waals surface area contributed by atoms with Crippen molar-refractivity contribution in [1.29, 1.82) is 0 Å². The highest BCUT2D eigenvalue weighted by atomic mass is 16.5. The van der Waals surface area contributed by atoms with Crippen molar-refractivity contribution >= 4 is 5.78 Å². The summed E-state index contributed by atoms with van der Waals surface area (Å²) in [6.07, 6.45) is 5.01. The topological polar surface area (TPSA) is 87.0 Å². The highest BCUT2D eigenvalue weighted by Gasteiger charge is 2.39. The molecule has 0 aromatic heterocycles. The minimum absolute atomic E-state index is 0.108. The number of Topliss-reactive ketones (excluding diaryl/α,β-unsaturated/α-hetero) is 1. The van der Waals surface area contributed by atoms with E-state index in [4.69, 9.17) is 4.74 Å². The number of carbonyl (C=O) groups is 1. The number of aliphatic hydroxyl groups excluding tert-OH is 1. The minimum Gasteiger partial charge on any atom is -0.508 e. The lowest BCUT2D eigenvalue weighted by molar-refractivity contribution is 0.0211. The predicted octanol–water partition coefficient (Wildman–Crippen LogP) is 6.30. The first-order valence-corrected chi connectivity index (χ1v) is 12.0. The number of hydrogen-bond donors (Lipinski definition) is 3. The predicted molar refractivity (Wildman–Crippen MR) is 139 cm³/mol. The molecule has 2 aromatic rings. The third kappa shape index (κ3) is 6.04. The Labute approximate surface area is 208 Å². The van der Waals surface area contributed by atoms with Crippen molar-refractivity contribution in [3.8, 4) is 17.2 Å². The van der Waals surface area contributed by atoms with Crippen LogP contribution in [-0.2, 0) is 19.3 Å². The van der Waals surface area contributed by atoms with Crippen LogP contribution in [-0.4, -0.2) is 27.2 Å². The van der Waals surface area contributed by atoms with Gasteiger partial charge in [0.1, 0.15) is 17.2 Å². The molecule has 0 aliphatic carbocycles. The highest BCUT2D eigenvalue weighted by Crippen LogP contribution is 2.44. The Morgan fingerprint density at radius 1 is 0.857 bits per heavy atom. The molecule has 0 spiro atoms. The van der Waals surface area contributed by atoms with E-state index in [2.05, 4.69) is 0 Å². The number of ether oxygens (including phenoxy) is 1. The normalized spacial score (nSPS) is 16.7. The molecule has 0 radical (unpaired) electrons. The molecule has 1 aliphatic rings. The maximum absolute atomic E-state index is 13.4. The Bertz CT molecular complexity index is 1200. The molecule has 3 N–H and O–H groups in total. The van der Waals surface area contributed by atoms with Crippen molar-refractivity contribution in [2.24, 2.45) is 0 Å². The Morgan fingerprint density at radius 3 is 2.03 bits per heavy atom. The van der Waals surface area contributed by atoms with Crippen molar-refractivity contribution in [1.82, 2.24) is 0 Å². The average Bonchev–Trinajstić information content (AvgIpc) is 2.79. The van der Waals surface area contributed by atoms with Crippen LogP contribution in [0, 0.1) is 0 Å². The van der Waals surface area contributed by atoms with Gasteiger partial charge in [-0.15, -0.1) is 0 Å². The Balaban J connectivity index is 2.11. The van der Waals surface area contributed by atoms with Crippen LogP contribution in [0.2, 0.25) is 0 Å². The molecule has 2 aromatic carbocycles. The summed E-state index contributed by atoms with van der Waals surface area (Å²) in [6, 6.07) is 6.62. The van der Waals surface area contributed by atoms with E-state index in [-0.39, 0.29) is 17.1 Å². The average molecular weight is 477 g/mol. The molecule has 0 bridgehead atoms. The van der Waals surface area contributed by atoms with Gasteiger partial charge in [-0.25, -0.2) is 0 Å². The lowest BCUT2D eigenvalue weighted by Crippen LogP contribution is -2.36. The van der Waals surface area contributed by atoms with E-state index >= 15 is 0 Å². The third-order valence-electron chi connectivity index (χ3n) is 6.10. The summed E-state index contributed by atoms with van der Waals surface area (Å²) in [5.41, 5.74) is 6.02. The fourth-order valence-corrected chi connectivity index (χ4v) is 4.05. The number of ketones is 1. The number of phenolic OH excluding ortho intramolecular Hbond substituents is 2. The molecule has 3 rings (SSSR count). The summed E-state index contributed by atoms with van der Waals surface area (Å²) in [5, 5.41) is 32.4. The lowest BCUT2D eigenvalue weighted by Gasteiger charge is -2.32. The fraction of sp³-hybridized carbons (Fsp3) is 0.367. The van der Waals surface area contributed by atoms with Crippen LogP contribution in [0.3, 0.4) is 0 Å². The smallest absolute Gasteiger partial charge is 0.199 e. The quantitative estimate of drug-likeness (QED) is 0.408. The van der Waals surface area contributed by atoms with Gasteiger partial charge in [0, 0.05) is 5.56 Å². The fourth-order valence-electron chi connectivity index (χ4n) is 4.05. The summed E-state index contributed by atoms with van der Waals surface area (Å²) in [6.45, 7) is 11.9. The number of benzene rings is 2. The monoisotopic (exact) mass is 476 g/mol. The standard InChI is InChI=1S/C30H36O5/c1-17(2)7-10-20-15-22(12-14-25(20)31)29-28(34)27(33)24-16-21(11-8-18(3)4)26(32)23(30(24)35-29)13-9-19(5)6/h7-9,12,14-16,28-29,31-32,34H,10-11,13H2,1-6H3/t28-,29+/m0/s1. The number of aliphatic hydroxyl groups is 1. The zero-order valence-electron chi connectivity index (χ0n) is 21.5. The third-order valence-corrected chi connectivity index (χ3v) is 6.10. The van der Waals surface area contributed by atoms with Crippen molar-refractivity contribution < 1.29 is 24.9 Å². The molecule has 1 heterocycles. The van der Waals surface area contributed by atoms with Gasteiger partial charge in [-0.2, -0.15) is 0 Å². The van der Waals surface area contributed by atoms with Crippen molar-refractivity contribution in [3.05, 3.63) is 87.0 Å². The second-order valence-electron chi connectivity index (χ2n) is 9.93. The Morgan fingerprint density at radius 2 is 1.43 bits per heavy atom. The number of hydrogen-bond acceptors (Lipinski definition) is 5. The second-order valence-corrected chi connectivity index (χ2v) is 9.93. The zero-order chi connectivity index (χ0) is 25.9. The number of carbonyl (C=O) groups excluding carboxylic acids is 1. The zero-order valence-corrected chi connectivity index (χ0v) is 21.5. The van der Waals surface area contributed by atoms with Crippen molar-refractivity contribution in [2.75, 3.05) is 0 Å². The molecule has 1 aliphatic heterocycles. The number of rotatable bonds is 7. The number of fused-ring (bicyclic) bond motifs is 1. The van der Waals surface area contributed by atoms with Crippen LogP contribution in [0.25, 0.3) is 0 Å². The number of aromatic hydroxyl groups is 2. The van der Waals surface area contributed by atoms with Crippen LogP contribution in [0.5, 0.6) is 17.2 Å². The van der Waals surface area contributed by atoms with Gasteiger partial charge in [0.05, 0.1) is 5.56 Å². The van der Waals surface area contributed by atoms with Crippen LogP contribution in [0.1, 0.15) is 80.3 Å². The van der Waals surface area contributed by atoms with E-state index in [1.54, 1.807) is 24.3 Å². The van der Waals surface area contributed by atoms with Crippen molar-refractivity contribution in [3.63, 3.8) is 0 Å². The van der Waals surface area contributed by atoms with E-state index in [1.807, 2.05) is 59.8 Å². The first-order chi connectivity index (χ1) is 16.5. The van der Waals surface area contributed by atoms with Gasteiger partial charge in [0.2, 0.25) is 0 Å². The molecule has 2 atom stereocenters. The number of phenols is 2. The first kappa shape index (κ1) is 26.3.